The molecule has 138 valence electrons. The molecule has 1 N–H and O–H groups in total. The molecule has 0 aliphatic heterocycles. The molecule has 7 nitrogen and oxygen atoms in total. The van der Waals surface area contributed by atoms with Gasteiger partial charge in [-0.05, 0) is 31.4 Å². The highest BCUT2D eigenvalue weighted by atomic mass is 16.5. The number of nitrogens with one attached hydrogen (secondary N) is 1. The van der Waals surface area contributed by atoms with E-state index in [2.05, 4.69) is 18.1 Å². The van der Waals surface area contributed by atoms with Crippen LogP contribution in [-0.2, 0) is 20.7 Å². The summed E-state index contributed by atoms with van der Waals surface area (Å²) in [4.78, 5) is 39.7. The van der Waals surface area contributed by atoms with Crippen molar-refractivity contribution in [1.82, 2.24) is 9.88 Å². The lowest BCUT2D eigenvalue weighted by Crippen LogP contribution is -2.35. The van der Waals surface area contributed by atoms with Crippen LogP contribution in [0.4, 0.5) is 0 Å². The van der Waals surface area contributed by atoms with Gasteiger partial charge in [-0.1, -0.05) is 12.2 Å². The normalized spacial score (nSPS) is 9.88. The van der Waals surface area contributed by atoms with E-state index in [-0.39, 0.29) is 24.5 Å². The largest absolute Gasteiger partial charge is 0.456 e. The number of carbonyl (C=O) groups excluding carboxylic acids is 2. The Morgan fingerprint density at radius 2 is 1.88 bits per heavy atom. The van der Waals surface area contributed by atoms with Crippen LogP contribution in [-0.4, -0.2) is 41.5 Å². The first kappa shape index (κ1) is 20.9. The third-order valence-corrected chi connectivity index (χ3v) is 3.91. The predicted molar refractivity (Wildman–Crippen MR) is 97.5 cm³/mol. The lowest BCUT2D eigenvalue weighted by Gasteiger charge is -2.19. The molecule has 1 amide bonds. The average molecular weight is 357 g/mol. The second kappa shape index (κ2) is 9.99. The van der Waals surface area contributed by atoms with E-state index in [9.17, 15) is 14.4 Å². The number of hydrogen-bond donors (Lipinski definition) is 1. The summed E-state index contributed by atoms with van der Waals surface area (Å²) in [6.45, 7) is 10.9. The van der Waals surface area contributed by atoms with Crippen molar-refractivity contribution in [2.75, 3.05) is 19.7 Å². The van der Waals surface area contributed by atoms with Crippen LogP contribution in [0, 0.1) is 25.2 Å². The molecule has 0 unspecified atom stereocenters. The average Bonchev–Trinajstić information content (AvgIpc) is 2.59. The fourth-order valence-electron chi connectivity index (χ4n) is 2.54. The number of nitriles is 1. The number of nitrogens with zero attached hydrogens (tertiary/aromatic N) is 2. The molecule has 0 saturated heterocycles. The quantitative estimate of drug-likeness (QED) is 0.533. The number of rotatable bonds is 9. The van der Waals surface area contributed by atoms with Crippen molar-refractivity contribution in [1.29, 1.82) is 5.26 Å². The summed E-state index contributed by atoms with van der Waals surface area (Å²) in [5, 5.41) is 9.06. The van der Waals surface area contributed by atoms with Gasteiger partial charge in [0.25, 0.3) is 11.5 Å². The van der Waals surface area contributed by atoms with Gasteiger partial charge < -0.3 is 14.6 Å². The Bertz CT molecular complexity index is 792. The molecule has 1 heterocycles. The monoisotopic (exact) mass is 357 g/mol. The Labute approximate surface area is 152 Å². The number of H-pyrrole nitrogens is 1. The van der Waals surface area contributed by atoms with E-state index in [1.807, 2.05) is 6.07 Å². The molecule has 1 aromatic rings. The summed E-state index contributed by atoms with van der Waals surface area (Å²) in [6, 6.07) is 1.87. The molecule has 0 radical (unpaired) electrons. The van der Waals surface area contributed by atoms with Crippen molar-refractivity contribution in [3.05, 3.63) is 58.0 Å². The smallest absolute Gasteiger partial charge is 0.306 e. The topological polar surface area (TPSA) is 103 Å². The van der Waals surface area contributed by atoms with Crippen LogP contribution in [0.3, 0.4) is 0 Å². The van der Waals surface area contributed by atoms with Gasteiger partial charge in [-0.15, -0.1) is 13.2 Å². The molecule has 0 saturated carbocycles. The first-order valence-corrected chi connectivity index (χ1v) is 8.13. The lowest BCUT2D eigenvalue weighted by atomic mass is 9.99. The van der Waals surface area contributed by atoms with Gasteiger partial charge >= 0.3 is 5.97 Å². The summed E-state index contributed by atoms with van der Waals surface area (Å²) in [6.07, 6.45) is 3.50. The molecule has 26 heavy (non-hydrogen) atoms. The number of aryl methyl sites for hydroxylation is 1. The van der Waals surface area contributed by atoms with Gasteiger partial charge in [0, 0.05) is 25.2 Å². The van der Waals surface area contributed by atoms with E-state index in [0.29, 0.717) is 30.8 Å². The number of amides is 1. The molecule has 0 aliphatic carbocycles. The summed E-state index contributed by atoms with van der Waals surface area (Å²) in [5.41, 5.74) is 1.49. The zero-order chi connectivity index (χ0) is 19.7. The van der Waals surface area contributed by atoms with Crippen molar-refractivity contribution in [3.8, 4) is 6.07 Å². The van der Waals surface area contributed by atoms with Gasteiger partial charge in [0.1, 0.15) is 11.6 Å². The van der Waals surface area contributed by atoms with Gasteiger partial charge in [-0.2, -0.15) is 5.26 Å². The molecular weight excluding hydrogens is 334 g/mol. The number of pyridine rings is 1. The summed E-state index contributed by atoms with van der Waals surface area (Å²) >= 11 is 0. The van der Waals surface area contributed by atoms with Gasteiger partial charge in [-0.3, -0.25) is 14.4 Å². The fourth-order valence-corrected chi connectivity index (χ4v) is 2.54. The van der Waals surface area contributed by atoms with Crippen LogP contribution in [0.2, 0.25) is 0 Å². The molecular formula is C19H23N3O4. The van der Waals surface area contributed by atoms with Crippen LogP contribution in [0.15, 0.2) is 30.1 Å². The number of ether oxygens (including phenoxy) is 1. The zero-order valence-electron chi connectivity index (χ0n) is 15.1. The Morgan fingerprint density at radius 1 is 1.27 bits per heavy atom. The van der Waals surface area contributed by atoms with Crippen molar-refractivity contribution in [3.63, 3.8) is 0 Å². The Hall–Kier alpha value is -3.14. The molecule has 0 spiro atoms. The van der Waals surface area contributed by atoms with Crippen LogP contribution in [0.5, 0.6) is 0 Å². The van der Waals surface area contributed by atoms with Crippen LogP contribution >= 0.6 is 0 Å². The van der Waals surface area contributed by atoms with E-state index in [4.69, 9.17) is 10.00 Å². The second-order valence-electron chi connectivity index (χ2n) is 5.71. The van der Waals surface area contributed by atoms with E-state index in [1.54, 1.807) is 26.0 Å². The minimum atomic E-state index is -0.529. The Morgan fingerprint density at radius 3 is 2.42 bits per heavy atom. The van der Waals surface area contributed by atoms with Crippen LogP contribution in [0.25, 0.3) is 0 Å². The standard InChI is InChI=1S/C19H23N3O4/c1-5-9-22(10-6-2)17(23)12-26-18(24)8-7-15-13(3)16(11-20)19(25)21-14(15)4/h5-6H,1-2,7-10,12H2,3-4H3,(H,21,25). The molecule has 0 fully saturated rings. The highest BCUT2D eigenvalue weighted by Gasteiger charge is 2.16. The third-order valence-electron chi connectivity index (χ3n) is 3.91. The van der Waals surface area contributed by atoms with Crippen LogP contribution in [0.1, 0.15) is 28.8 Å². The molecule has 0 atom stereocenters. The first-order chi connectivity index (χ1) is 12.3. The van der Waals surface area contributed by atoms with Crippen molar-refractivity contribution in [2.45, 2.75) is 26.7 Å². The Kier molecular flexibility index (Phi) is 8.03. The number of esters is 1. The lowest BCUT2D eigenvalue weighted by molar-refractivity contribution is -0.151. The van der Waals surface area contributed by atoms with Gasteiger partial charge in [-0.25, -0.2) is 0 Å². The SMILES string of the molecule is C=CCN(CC=C)C(=O)COC(=O)CCc1c(C)[nH]c(=O)c(C#N)c1C. The maximum absolute atomic E-state index is 12.0. The number of carbonyl (C=O) groups is 2. The van der Waals surface area contributed by atoms with E-state index in [1.165, 1.54) is 4.90 Å². The second-order valence-corrected chi connectivity index (χ2v) is 5.71. The van der Waals surface area contributed by atoms with Crippen molar-refractivity contribution < 1.29 is 14.3 Å². The fraction of sp³-hybridized carbons (Fsp3) is 0.368. The maximum atomic E-state index is 12.0. The highest BCUT2D eigenvalue weighted by Crippen LogP contribution is 2.15. The summed E-state index contributed by atoms with van der Waals surface area (Å²) < 4.78 is 5.02. The number of aromatic amines is 1. The summed E-state index contributed by atoms with van der Waals surface area (Å²) in [5.74, 6) is -0.861. The van der Waals surface area contributed by atoms with Crippen molar-refractivity contribution in [2.24, 2.45) is 0 Å². The van der Waals surface area contributed by atoms with E-state index in [0.717, 1.165) is 5.56 Å². The first-order valence-electron chi connectivity index (χ1n) is 8.13. The van der Waals surface area contributed by atoms with Crippen LogP contribution < -0.4 is 5.56 Å². The molecule has 1 rings (SSSR count). The predicted octanol–water partition coefficient (Wildman–Crippen LogP) is 1.54. The molecule has 0 aromatic carbocycles. The third kappa shape index (κ3) is 5.45. The van der Waals surface area contributed by atoms with E-state index >= 15 is 0 Å². The number of hydrogen-bond acceptors (Lipinski definition) is 5. The maximum Gasteiger partial charge on any atom is 0.306 e. The molecule has 0 aliphatic rings. The van der Waals surface area contributed by atoms with E-state index < -0.39 is 11.5 Å². The van der Waals surface area contributed by atoms with Crippen molar-refractivity contribution >= 4 is 11.9 Å². The zero-order valence-corrected chi connectivity index (χ0v) is 15.1. The number of aromatic nitrogens is 1. The molecule has 0 bridgehead atoms. The molecule has 7 heteroatoms. The summed E-state index contributed by atoms with van der Waals surface area (Å²) in [7, 11) is 0. The Balaban J connectivity index is 2.67. The minimum Gasteiger partial charge on any atom is -0.456 e. The molecule has 1 aromatic heterocycles. The van der Waals surface area contributed by atoms with Gasteiger partial charge in [0.05, 0.1) is 0 Å². The highest BCUT2D eigenvalue weighted by molar-refractivity contribution is 5.81. The van der Waals surface area contributed by atoms with Gasteiger partial charge in [0.2, 0.25) is 0 Å². The minimum absolute atomic E-state index is 0.0365. The van der Waals surface area contributed by atoms with Gasteiger partial charge in [0.15, 0.2) is 6.61 Å².